The maximum absolute atomic E-state index is 4.41. The maximum Gasteiger partial charge on any atom is 0.191 e. The van der Waals surface area contributed by atoms with Gasteiger partial charge in [0.25, 0.3) is 0 Å². The predicted octanol–water partition coefficient (Wildman–Crippen LogP) is 2.58. The summed E-state index contributed by atoms with van der Waals surface area (Å²) >= 11 is 0. The van der Waals surface area contributed by atoms with E-state index in [-0.39, 0.29) is 0 Å². The Balaban J connectivity index is 1.29. The SMILES string of the molecule is CN=C(NCCCc1nnc2ccccn12)NCc1ccnc2ccccc12. The Labute approximate surface area is 163 Å². The van der Waals surface area contributed by atoms with Crippen LogP contribution in [0.5, 0.6) is 0 Å². The Hall–Kier alpha value is -3.48. The van der Waals surface area contributed by atoms with E-state index >= 15 is 0 Å². The van der Waals surface area contributed by atoms with Crippen LogP contribution in [0.25, 0.3) is 16.6 Å². The second kappa shape index (κ2) is 8.47. The number of para-hydroxylation sites is 1. The zero-order chi connectivity index (χ0) is 19.2. The van der Waals surface area contributed by atoms with Crippen LogP contribution in [0.1, 0.15) is 17.8 Å². The largest absolute Gasteiger partial charge is 0.356 e. The van der Waals surface area contributed by atoms with Crippen molar-refractivity contribution >= 4 is 22.5 Å². The lowest BCUT2D eigenvalue weighted by atomic mass is 10.1. The molecule has 2 N–H and O–H groups in total. The lowest BCUT2D eigenvalue weighted by molar-refractivity contribution is 0.714. The molecule has 0 radical (unpaired) electrons. The van der Waals surface area contributed by atoms with Gasteiger partial charge in [-0.25, -0.2) is 0 Å². The standard InChI is InChI=1S/C21H23N7/c1-22-21(25-15-16-11-13-23-18-8-3-2-7-17(16)18)24-12-6-10-20-27-26-19-9-4-5-14-28(19)20/h2-5,7-9,11,13-14H,6,10,12,15H2,1H3,(H2,22,24,25). The first-order valence-electron chi connectivity index (χ1n) is 9.41. The minimum atomic E-state index is 0.692. The second-order valence-electron chi connectivity index (χ2n) is 6.49. The molecule has 7 nitrogen and oxygen atoms in total. The fourth-order valence-electron chi connectivity index (χ4n) is 3.22. The molecule has 142 valence electrons. The van der Waals surface area contributed by atoms with Gasteiger partial charge in [-0.1, -0.05) is 24.3 Å². The van der Waals surface area contributed by atoms with Crippen LogP contribution < -0.4 is 10.6 Å². The van der Waals surface area contributed by atoms with Gasteiger partial charge in [-0.2, -0.15) is 0 Å². The molecule has 0 atom stereocenters. The van der Waals surface area contributed by atoms with Crippen LogP contribution in [0, 0.1) is 0 Å². The van der Waals surface area contributed by atoms with Gasteiger partial charge in [-0.15, -0.1) is 10.2 Å². The van der Waals surface area contributed by atoms with Crippen molar-refractivity contribution in [1.29, 1.82) is 0 Å². The fraction of sp³-hybridized carbons (Fsp3) is 0.238. The third-order valence-electron chi connectivity index (χ3n) is 4.66. The van der Waals surface area contributed by atoms with Gasteiger partial charge in [0.05, 0.1) is 5.52 Å². The number of nitrogens with zero attached hydrogens (tertiary/aromatic N) is 5. The highest BCUT2D eigenvalue weighted by atomic mass is 15.2. The van der Waals surface area contributed by atoms with Gasteiger partial charge in [0.15, 0.2) is 11.6 Å². The first-order chi connectivity index (χ1) is 13.8. The molecule has 0 spiro atoms. The lowest BCUT2D eigenvalue weighted by Gasteiger charge is -2.13. The highest BCUT2D eigenvalue weighted by Gasteiger charge is 2.05. The Morgan fingerprint density at radius 1 is 1.04 bits per heavy atom. The lowest BCUT2D eigenvalue weighted by Crippen LogP contribution is -2.37. The van der Waals surface area contributed by atoms with Crippen molar-refractivity contribution in [1.82, 2.24) is 30.2 Å². The number of fused-ring (bicyclic) bond motifs is 2. The number of rotatable bonds is 6. The molecule has 0 fully saturated rings. The van der Waals surface area contributed by atoms with Crippen molar-refractivity contribution in [3.8, 4) is 0 Å². The smallest absolute Gasteiger partial charge is 0.191 e. The van der Waals surface area contributed by atoms with Crippen LogP contribution in [0.4, 0.5) is 0 Å². The molecule has 28 heavy (non-hydrogen) atoms. The zero-order valence-corrected chi connectivity index (χ0v) is 15.8. The molecule has 3 heterocycles. The number of aliphatic imine (C=N–C) groups is 1. The summed E-state index contributed by atoms with van der Waals surface area (Å²) in [5.74, 6) is 1.76. The third kappa shape index (κ3) is 3.93. The van der Waals surface area contributed by atoms with E-state index in [4.69, 9.17) is 0 Å². The molecular formula is C21H23N7. The second-order valence-corrected chi connectivity index (χ2v) is 6.49. The van der Waals surface area contributed by atoms with E-state index in [0.717, 1.165) is 47.7 Å². The van der Waals surface area contributed by atoms with Crippen LogP contribution in [0.2, 0.25) is 0 Å². The number of hydrogen-bond donors (Lipinski definition) is 2. The molecule has 7 heteroatoms. The van der Waals surface area contributed by atoms with Crippen LogP contribution in [0.15, 0.2) is 65.9 Å². The van der Waals surface area contributed by atoms with E-state index in [1.807, 2.05) is 59.3 Å². The van der Waals surface area contributed by atoms with E-state index in [9.17, 15) is 0 Å². The number of aromatic nitrogens is 4. The molecule has 4 rings (SSSR count). The molecule has 0 amide bonds. The van der Waals surface area contributed by atoms with Crippen molar-refractivity contribution in [2.75, 3.05) is 13.6 Å². The number of aryl methyl sites for hydroxylation is 1. The normalized spacial score (nSPS) is 11.8. The van der Waals surface area contributed by atoms with E-state index in [1.165, 1.54) is 5.56 Å². The molecule has 0 saturated carbocycles. The fourth-order valence-corrected chi connectivity index (χ4v) is 3.22. The number of nitrogens with one attached hydrogen (secondary N) is 2. The zero-order valence-electron chi connectivity index (χ0n) is 15.8. The van der Waals surface area contributed by atoms with Crippen molar-refractivity contribution in [2.24, 2.45) is 4.99 Å². The van der Waals surface area contributed by atoms with E-state index in [2.05, 4.69) is 36.9 Å². The third-order valence-corrected chi connectivity index (χ3v) is 4.66. The van der Waals surface area contributed by atoms with Crippen LogP contribution in [0.3, 0.4) is 0 Å². The Kier molecular flexibility index (Phi) is 5.42. The van der Waals surface area contributed by atoms with Crippen LogP contribution >= 0.6 is 0 Å². The molecule has 0 aliphatic heterocycles. The number of pyridine rings is 2. The predicted molar refractivity (Wildman–Crippen MR) is 111 cm³/mol. The van der Waals surface area contributed by atoms with Crippen molar-refractivity contribution in [3.05, 3.63) is 72.3 Å². The summed E-state index contributed by atoms with van der Waals surface area (Å²) in [4.78, 5) is 8.72. The summed E-state index contributed by atoms with van der Waals surface area (Å²) in [6, 6.07) is 16.1. The van der Waals surface area contributed by atoms with Gasteiger partial charge < -0.3 is 10.6 Å². The first-order valence-corrected chi connectivity index (χ1v) is 9.41. The van der Waals surface area contributed by atoms with Gasteiger partial charge in [-0.05, 0) is 36.2 Å². The summed E-state index contributed by atoms with van der Waals surface area (Å²) in [6.07, 6.45) is 5.63. The maximum atomic E-state index is 4.41. The summed E-state index contributed by atoms with van der Waals surface area (Å²) in [7, 11) is 1.78. The van der Waals surface area contributed by atoms with Gasteiger partial charge in [0, 0.05) is 44.3 Å². The summed E-state index contributed by atoms with van der Waals surface area (Å²) < 4.78 is 2.03. The van der Waals surface area contributed by atoms with E-state index in [1.54, 1.807) is 7.05 Å². The van der Waals surface area contributed by atoms with Crippen molar-refractivity contribution in [2.45, 2.75) is 19.4 Å². The van der Waals surface area contributed by atoms with Crippen LogP contribution in [-0.4, -0.2) is 39.1 Å². The molecule has 0 aliphatic rings. The average molecular weight is 373 g/mol. The minimum Gasteiger partial charge on any atom is -0.356 e. The molecule has 0 bridgehead atoms. The number of guanidine groups is 1. The van der Waals surface area contributed by atoms with Gasteiger partial charge >= 0.3 is 0 Å². The highest BCUT2D eigenvalue weighted by Crippen LogP contribution is 2.15. The quantitative estimate of drug-likeness (QED) is 0.308. The average Bonchev–Trinajstić information content (AvgIpc) is 3.16. The van der Waals surface area contributed by atoms with Gasteiger partial charge in [-0.3, -0.25) is 14.4 Å². The highest BCUT2D eigenvalue weighted by molar-refractivity contribution is 5.83. The van der Waals surface area contributed by atoms with Gasteiger partial charge in [0.2, 0.25) is 0 Å². The van der Waals surface area contributed by atoms with Gasteiger partial charge in [0.1, 0.15) is 5.82 Å². The Morgan fingerprint density at radius 3 is 2.86 bits per heavy atom. The topological polar surface area (TPSA) is 79.5 Å². The summed E-state index contributed by atoms with van der Waals surface area (Å²) in [6.45, 7) is 1.50. The molecule has 0 unspecified atom stereocenters. The molecule has 3 aromatic heterocycles. The summed E-state index contributed by atoms with van der Waals surface area (Å²) in [5.41, 5.74) is 3.08. The van der Waals surface area contributed by atoms with E-state index < -0.39 is 0 Å². The molecule has 0 saturated heterocycles. The Morgan fingerprint density at radius 2 is 1.93 bits per heavy atom. The molecular weight excluding hydrogens is 350 g/mol. The number of hydrogen-bond acceptors (Lipinski definition) is 4. The van der Waals surface area contributed by atoms with Crippen LogP contribution in [-0.2, 0) is 13.0 Å². The minimum absolute atomic E-state index is 0.692. The van der Waals surface area contributed by atoms with Crippen molar-refractivity contribution < 1.29 is 0 Å². The first kappa shape index (κ1) is 17.9. The Bertz CT molecular complexity index is 1090. The monoisotopic (exact) mass is 373 g/mol. The molecule has 0 aliphatic carbocycles. The van der Waals surface area contributed by atoms with E-state index in [0.29, 0.717) is 6.54 Å². The number of benzene rings is 1. The van der Waals surface area contributed by atoms with Crippen molar-refractivity contribution in [3.63, 3.8) is 0 Å². The molecule has 4 aromatic rings. The summed E-state index contributed by atoms with van der Waals surface area (Å²) in [5, 5.41) is 16.4. The molecule has 1 aromatic carbocycles.